The zero-order valence-electron chi connectivity index (χ0n) is 15.8. The van der Waals surface area contributed by atoms with Gasteiger partial charge in [0.05, 0.1) is 6.61 Å². The van der Waals surface area contributed by atoms with Crippen molar-refractivity contribution in [3.63, 3.8) is 0 Å². The maximum Gasteiger partial charge on any atom is 0.387 e. The van der Waals surface area contributed by atoms with Crippen molar-refractivity contribution in [2.45, 2.75) is 51.6 Å². The van der Waals surface area contributed by atoms with Crippen molar-refractivity contribution in [1.29, 1.82) is 0 Å². The molecule has 4 nitrogen and oxygen atoms in total. The van der Waals surface area contributed by atoms with Gasteiger partial charge in [0.1, 0.15) is 0 Å². The minimum atomic E-state index is -2.92. The van der Waals surface area contributed by atoms with Gasteiger partial charge in [0.2, 0.25) is 0 Å². The predicted molar refractivity (Wildman–Crippen MR) is 99.9 cm³/mol. The molecule has 7 heteroatoms. The molecule has 1 aliphatic rings. The molecule has 1 atom stereocenters. The van der Waals surface area contributed by atoms with E-state index in [4.69, 9.17) is 14.9 Å². The first-order chi connectivity index (χ1) is 12.2. The van der Waals surface area contributed by atoms with Crippen molar-refractivity contribution in [3.05, 3.63) is 23.8 Å². The van der Waals surface area contributed by atoms with Gasteiger partial charge in [-0.15, -0.1) is 5.92 Å². The Hall–Kier alpha value is -1.62. The zero-order chi connectivity index (χ0) is 19.4. The summed E-state index contributed by atoms with van der Waals surface area (Å²) in [4.78, 5) is 0. The molecule has 0 heterocycles. The maximum absolute atomic E-state index is 12.7. The molecule has 0 bridgehead atoms. The molecule has 1 unspecified atom stereocenters. The van der Waals surface area contributed by atoms with Gasteiger partial charge in [-0.25, -0.2) is 0 Å². The number of ether oxygens (including phenoxy) is 2. The monoisotopic (exact) mass is 383 g/mol. The maximum atomic E-state index is 12.7. The van der Waals surface area contributed by atoms with Gasteiger partial charge in [0.25, 0.3) is 0 Å². The summed E-state index contributed by atoms with van der Waals surface area (Å²) < 4.78 is 42.1. The third-order valence-corrected chi connectivity index (χ3v) is 4.85. The summed E-state index contributed by atoms with van der Waals surface area (Å²) in [6.45, 7) is 5.57. The molecule has 0 radical (unpaired) electrons. The van der Waals surface area contributed by atoms with Gasteiger partial charge in [0, 0.05) is 12.1 Å². The van der Waals surface area contributed by atoms with Gasteiger partial charge >= 0.3 is 6.61 Å². The van der Waals surface area contributed by atoms with E-state index in [1.165, 1.54) is 6.07 Å². The Morgan fingerprint density at radius 1 is 1.27 bits per heavy atom. The predicted octanol–water partition coefficient (Wildman–Crippen LogP) is 4.11. The van der Waals surface area contributed by atoms with Crippen molar-refractivity contribution in [2.75, 3.05) is 13.2 Å². The topological polar surface area (TPSA) is 53.7 Å². The molecule has 0 aromatic heterocycles. The lowest BCUT2D eigenvalue weighted by Crippen LogP contribution is -2.45. The number of rotatable bonds is 9. The van der Waals surface area contributed by atoms with Crippen LogP contribution in [-0.2, 0) is 10.0 Å². The first-order valence-corrected chi connectivity index (χ1v) is 12.2. The zero-order valence-corrected chi connectivity index (χ0v) is 16.8. The summed E-state index contributed by atoms with van der Waals surface area (Å²) in [7, 11) is -1.99. The molecule has 1 aromatic rings. The van der Waals surface area contributed by atoms with E-state index in [0.717, 1.165) is 12.8 Å². The molecule has 2 N–H and O–H groups in total. The van der Waals surface area contributed by atoms with E-state index >= 15 is 0 Å². The molecule has 0 amide bonds. The van der Waals surface area contributed by atoms with Gasteiger partial charge in [-0.1, -0.05) is 12.0 Å². The molecule has 0 saturated heterocycles. The van der Waals surface area contributed by atoms with E-state index < -0.39 is 20.5 Å². The van der Waals surface area contributed by atoms with Crippen LogP contribution in [-0.4, -0.2) is 28.1 Å². The highest BCUT2D eigenvalue weighted by molar-refractivity contribution is 6.69. The largest absolute Gasteiger partial charge is 0.489 e. The summed E-state index contributed by atoms with van der Waals surface area (Å²) in [5, 5.41) is 0. The fourth-order valence-corrected chi connectivity index (χ4v) is 3.95. The molecule has 144 valence electrons. The second-order valence-corrected chi connectivity index (χ2v) is 11.8. The lowest BCUT2D eigenvalue weighted by molar-refractivity contribution is -0.0515. The van der Waals surface area contributed by atoms with Crippen LogP contribution in [0, 0.1) is 17.8 Å². The molecule has 26 heavy (non-hydrogen) atoms. The highest BCUT2D eigenvalue weighted by Gasteiger charge is 2.36. The van der Waals surface area contributed by atoms with Crippen LogP contribution in [0.5, 0.6) is 11.5 Å². The Labute approximate surface area is 155 Å². The first kappa shape index (κ1) is 20.7. The number of alkyl halides is 2. The highest BCUT2D eigenvalue weighted by Crippen LogP contribution is 2.38. The van der Waals surface area contributed by atoms with Gasteiger partial charge in [0.15, 0.2) is 25.4 Å². The van der Waals surface area contributed by atoms with E-state index in [1.807, 2.05) is 19.6 Å². The van der Waals surface area contributed by atoms with Gasteiger partial charge in [-0.05, 0) is 57.5 Å². The lowest BCUT2D eigenvalue weighted by Gasteiger charge is -2.35. The summed E-state index contributed by atoms with van der Waals surface area (Å²) in [6, 6.07) is 4.80. The van der Waals surface area contributed by atoms with Crippen molar-refractivity contribution in [3.8, 4) is 23.3 Å². The van der Waals surface area contributed by atoms with Gasteiger partial charge in [-0.2, -0.15) is 8.78 Å². The van der Waals surface area contributed by atoms with Crippen LogP contribution in [0.15, 0.2) is 18.2 Å². The third-order valence-electron chi connectivity index (χ3n) is 3.89. The molecule has 2 rings (SSSR count). The van der Waals surface area contributed by atoms with Crippen molar-refractivity contribution in [2.24, 2.45) is 11.7 Å². The Kier molecular flexibility index (Phi) is 6.67. The molecular formula is C19H27F2NO3Si. The standard InChI is InChI=1S/C19H27F2NO3Si/c1-5-10-19(13-22,25-26(2,3)4)15-8-9-16(24-18(20)21)17(11-15)23-12-14-6-7-14/h8-9,11,14,18H,6-7,12-13,22H2,1-4H3. The number of hydrogen-bond acceptors (Lipinski definition) is 4. The minimum absolute atomic E-state index is 0.00721. The summed E-state index contributed by atoms with van der Waals surface area (Å²) in [5.41, 5.74) is 5.72. The Balaban J connectivity index is 2.42. The molecule has 0 aliphatic heterocycles. The summed E-state index contributed by atoms with van der Waals surface area (Å²) in [6.07, 6.45) is 2.19. The summed E-state index contributed by atoms with van der Waals surface area (Å²) >= 11 is 0. The average molecular weight is 384 g/mol. The number of hydrogen-bond donors (Lipinski definition) is 1. The molecule has 0 spiro atoms. The molecule has 1 aliphatic carbocycles. The van der Waals surface area contributed by atoms with Crippen LogP contribution < -0.4 is 15.2 Å². The van der Waals surface area contributed by atoms with E-state index in [9.17, 15) is 8.78 Å². The Morgan fingerprint density at radius 3 is 2.46 bits per heavy atom. The van der Waals surface area contributed by atoms with Gasteiger partial charge < -0.3 is 19.6 Å². The third kappa shape index (κ3) is 5.69. The summed E-state index contributed by atoms with van der Waals surface area (Å²) in [5.74, 6) is 6.71. The smallest absolute Gasteiger partial charge is 0.387 e. The van der Waals surface area contributed by atoms with E-state index in [2.05, 4.69) is 16.6 Å². The number of halogens is 2. The lowest BCUT2D eigenvalue weighted by atomic mass is 9.94. The molecule has 1 saturated carbocycles. The number of nitrogens with two attached hydrogens (primary N) is 1. The van der Waals surface area contributed by atoms with Gasteiger partial charge in [-0.3, -0.25) is 0 Å². The van der Waals surface area contributed by atoms with Crippen LogP contribution in [0.3, 0.4) is 0 Å². The highest BCUT2D eigenvalue weighted by atomic mass is 28.4. The van der Waals surface area contributed by atoms with Crippen LogP contribution in [0.2, 0.25) is 19.6 Å². The van der Waals surface area contributed by atoms with E-state index in [0.29, 0.717) is 18.1 Å². The molecular weight excluding hydrogens is 356 g/mol. The fraction of sp³-hybridized carbons (Fsp3) is 0.579. The fourth-order valence-electron chi connectivity index (χ4n) is 2.65. The first-order valence-electron chi connectivity index (χ1n) is 8.75. The van der Waals surface area contributed by atoms with Crippen LogP contribution >= 0.6 is 0 Å². The SMILES string of the molecule is CC#CC(CN)(O[Si](C)(C)C)c1ccc(OC(F)F)c(OCC2CC2)c1. The second-order valence-electron chi connectivity index (χ2n) is 7.41. The Morgan fingerprint density at radius 2 is 1.96 bits per heavy atom. The van der Waals surface area contributed by atoms with E-state index in [-0.39, 0.29) is 18.0 Å². The Bertz CT molecular complexity index is 678. The van der Waals surface area contributed by atoms with Crippen LogP contribution in [0.1, 0.15) is 25.3 Å². The van der Waals surface area contributed by atoms with E-state index in [1.54, 1.807) is 19.1 Å². The molecule has 1 fully saturated rings. The van der Waals surface area contributed by atoms with Crippen molar-refractivity contribution < 1.29 is 22.7 Å². The minimum Gasteiger partial charge on any atom is -0.489 e. The quantitative estimate of drug-likeness (QED) is 0.515. The second kappa shape index (κ2) is 8.38. The van der Waals surface area contributed by atoms with Crippen LogP contribution in [0.25, 0.3) is 0 Å². The van der Waals surface area contributed by atoms with Crippen molar-refractivity contribution in [1.82, 2.24) is 0 Å². The van der Waals surface area contributed by atoms with Crippen LogP contribution in [0.4, 0.5) is 8.78 Å². The number of benzene rings is 1. The normalized spacial score (nSPS) is 16.6. The van der Waals surface area contributed by atoms with Crippen molar-refractivity contribution >= 4 is 8.32 Å². The average Bonchev–Trinajstić information content (AvgIpc) is 3.36. The molecule has 1 aromatic carbocycles.